The summed E-state index contributed by atoms with van der Waals surface area (Å²) in [6.45, 7) is 9.59. The van der Waals surface area contributed by atoms with Crippen LogP contribution in [0.3, 0.4) is 0 Å². The summed E-state index contributed by atoms with van der Waals surface area (Å²) in [6.07, 6.45) is 2.70. The molecule has 0 fully saturated rings. The van der Waals surface area contributed by atoms with Crippen LogP contribution in [0.5, 0.6) is 0 Å². The van der Waals surface area contributed by atoms with Gasteiger partial charge in [-0.3, -0.25) is 14.3 Å². The third-order valence-corrected chi connectivity index (χ3v) is 3.15. The van der Waals surface area contributed by atoms with Crippen molar-refractivity contribution in [2.45, 2.75) is 53.5 Å². The average molecular weight is 282 g/mol. The fourth-order valence-corrected chi connectivity index (χ4v) is 1.86. The van der Waals surface area contributed by atoms with E-state index in [4.69, 9.17) is 5.73 Å². The van der Waals surface area contributed by atoms with Crippen LogP contribution in [0.4, 0.5) is 11.5 Å². The highest BCUT2D eigenvalue weighted by molar-refractivity contribution is 5.60. The van der Waals surface area contributed by atoms with E-state index < -0.39 is 11.2 Å². The Balaban J connectivity index is 2.96. The van der Waals surface area contributed by atoms with Gasteiger partial charge in [0.2, 0.25) is 0 Å². The highest BCUT2D eigenvalue weighted by atomic mass is 16.2. The predicted molar refractivity (Wildman–Crippen MR) is 83.2 cm³/mol. The van der Waals surface area contributed by atoms with Gasteiger partial charge in [-0.1, -0.05) is 34.1 Å². The average Bonchev–Trinajstić information content (AvgIpc) is 2.31. The summed E-state index contributed by atoms with van der Waals surface area (Å²) in [5.41, 5.74) is 5.53. The molecule has 0 bridgehead atoms. The second-order valence-electron chi connectivity index (χ2n) is 6.26. The third kappa shape index (κ3) is 4.43. The lowest BCUT2D eigenvalue weighted by molar-refractivity contribution is 0.389. The van der Waals surface area contributed by atoms with Crippen molar-refractivity contribution < 1.29 is 0 Å². The first kappa shape index (κ1) is 16.3. The minimum absolute atomic E-state index is 0.172. The number of hydrogen-bond acceptors (Lipinski definition) is 4. The van der Waals surface area contributed by atoms with Crippen LogP contribution >= 0.6 is 0 Å². The van der Waals surface area contributed by atoms with Crippen molar-refractivity contribution in [3.8, 4) is 0 Å². The molecule has 1 rings (SSSR count). The zero-order chi connectivity index (χ0) is 15.3. The molecule has 4 N–H and O–H groups in total. The van der Waals surface area contributed by atoms with Gasteiger partial charge < -0.3 is 11.1 Å². The zero-order valence-corrected chi connectivity index (χ0v) is 12.9. The van der Waals surface area contributed by atoms with Gasteiger partial charge in [-0.2, -0.15) is 0 Å². The Hall–Kier alpha value is -1.72. The van der Waals surface area contributed by atoms with Crippen molar-refractivity contribution in [1.82, 2.24) is 9.55 Å². The molecule has 6 nitrogen and oxygen atoms in total. The van der Waals surface area contributed by atoms with Crippen molar-refractivity contribution in [2.24, 2.45) is 5.41 Å². The first-order valence-electron chi connectivity index (χ1n) is 7.12. The summed E-state index contributed by atoms with van der Waals surface area (Å²) in [7, 11) is 0. The van der Waals surface area contributed by atoms with Gasteiger partial charge in [0.1, 0.15) is 11.5 Å². The molecule has 6 heteroatoms. The summed E-state index contributed by atoms with van der Waals surface area (Å²) >= 11 is 0. The fraction of sp³-hybridized carbons (Fsp3) is 0.714. The number of aromatic amines is 1. The van der Waals surface area contributed by atoms with E-state index in [-0.39, 0.29) is 11.2 Å². The van der Waals surface area contributed by atoms with Crippen molar-refractivity contribution in [3.05, 3.63) is 20.8 Å². The molecule has 0 atom stereocenters. The molecule has 1 aromatic rings. The molecule has 0 aromatic carbocycles. The first-order valence-corrected chi connectivity index (χ1v) is 7.12. The van der Waals surface area contributed by atoms with Gasteiger partial charge in [-0.25, -0.2) is 4.79 Å². The minimum Gasteiger partial charge on any atom is -0.383 e. The fourth-order valence-electron chi connectivity index (χ4n) is 1.86. The van der Waals surface area contributed by atoms with Crippen LogP contribution in [0.2, 0.25) is 0 Å². The number of unbranched alkanes of at least 4 members (excludes halogenated alkanes) is 1. The zero-order valence-electron chi connectivity index (χ0n) is 12.9. The maximum absolute atomic E-state index is 11.8. The summed E-state index contributed by atoms with van der Waals surface area (Å²) in [5.74, 6) is 0.223. The molecule has 0 saturated heterocycles. The molecule has 0 aliphatic heterocycles. The van der Waals surface area contributed by atoms with Gasteiger partial charge in [-0.05, 0) is 18.3 Å². The topological polar surface area (TPSA) is 92.9 Å². The number of aromatic nitrogens is 2. The highest BCUT2D eigenvalue weighted by Crippen LogP contribution is 2.19. The molecule has 114 valence electrons. The number of hydrogen-bond donors (Lipinski definition) is 3. The summed E-state index contributed by atoms with van der Waals surface area (Å²) in [6, 6.07) is 0. The number of anilines is 2. The Morgan fingerprint density at radius 3 is 2.50 bits per heavy atom. The summed E-state index contributed by atoms with van der Waals surface area (Å²) in [5, 5.41) is 3.05. The number of rotatable bonds is 6. The van der Waals surface area contributed by atoms with Crippen molar-refractivity contribution in [2.75, 3.05) is 17.6 Å². The Labute approximate surface area is 119 Å². The predicted octanol–water partition coefficient (Wildman–Crippen LogP) is 1.77. The maximum atomic E-state index is 11.8. The van der Waals surface area contributed by atoms with Gasteiger partial charge in [0, 0.05) is 13.1 Å². The third-order valence-electron chi connectivity index (χ3n) is 3.15. The Morgan fingerprint density at radius 2 is 1.95 bits per heavy atom. The SMILES string of the molecule is CCCCn1c(N)c(NCCC(C)(C)C)c(=O)[nH]c1=O. The number of nitrogens with one attached hydrogen (secondary N) is 2. The Bertz CT molecular complexity index is 552. The van der Waals surface area contributed by atoms with Crippen LogP contribution in [0.25, 0.3) is 0 Å². The normalized spacial score (nSPS) is 11.6. The lowest BCUT2D eigenvalue weighted by Crippen LogP contribution is -2.34. The van der Waals surface area contributed by atoms with Gasteiger partial charge in [-0.15, -0.1) is 0 Å². The largest absolute Gasteiger partial charge is 0.383 e. The van der Waals surface area contributed by atoms with Gasteiger partial charge >= 0.3 is 5.69 Å². The lowest BCUT2D eigenvalue weighted by atomic mass is 9.92. The van der Waals surface area contributed by atoms with Crippen LogP contribution in [0, 0.1) is 5.41 Å². The number of nitrogen functional groups attached to an aromatic ring is 1. The molecule has 0 unspecified atom stereocenters. The molecule has 0 amide bonds. The molecule has 0 saturated carbocycles. The van der Waals surface area contributed by atoms with Crippen molar-refractivity contribution in [3.63, 3.8) is 0 Å². The lowest BCUT2D eigenvalue weighted by Gasteiger charge is -2.19. The molecular weight excluding hydrogens is 256 g/mol. The van der Waals surface area contributed by atoms with Crippen molar-refractivity contribution >= 4 is 11.5 Å². The number of nitrogens with zero attached hydrogens (tertiary/aromatic N) is 1. The monoisotopic (exact) mass is 282 g/mol. The number of nitrogens with two attached hydrogens (primary N) is 1. The molecular formula is C14H26N4O2. The quantitative estimate of drug-likeness (QED) is 0.741. The molecule has 0 aliphatic carbocycles. The summed E-state index contributed by atoms with van der Waals surface area (Å²) in [4.78, 5) is 25.9. The molecule has 0 aliphatic rings. The van der Waals surface area contributed by atoms with Gasteiger partial charge in [0.25, 0.3) is 5.56 Å². The molecule has 1 aromatic heterocycles. The second-order valence-corrected chi connectivity index (χ2v) is 6.26. The smallest absolute Gasteiger partial charge is 0.330 e. The van der Waals surface area contributed by atoms with Crippen LogP contribution < -0.4 is 22.3 Å². The van der Waals surface area contributed by atoms with Gasteiger partial charge in [0.15, 0.2) is 0 Å². The second kappa shape index (κ2) is 6.63. The Kier molecular flexibility index (Phi) is 5.42. The minimum atomic E-state index is -0.450. The molecule has 20 heavy (non-hydrogen) atoms. The van der Waals surface area contributed by atoms with E-state index >= 15 is 0 Å². The van der Waals surface area contributed by atoms with E-state index in [1.165, 1.54) is 4.57 Å². The van der Waals surface area contributed by atoms with E-state index in [0.29, 0.717) is 18.8 Å². The van der Waals surface area contributed by atoms with Crippen LogP contribution in [-0.2, 0) is 6.54 Å². The standard InChI is InChI=1S/C14H26N4O2/c1-5-6-9-18-11(15)10(12(19)17-13(18)20)16-8-7-14(2,3)4/h16H,5-9,15H2,1-4H3,(H,17,19,20). The molecule has 0 spiro atoms. The van der Waals surface area contributed by atoms with Crippen LogP contribution in [0.15, 0.2) is 9.59 Å². The van der Waals surface area contributed by atoms with Crippen LogP contribution in [-0.4, -0.2) is 16.1 Å². The van der Waals surface area contributed by atoms with Gasteiger partial charge in [0.05, 0.1) is 0 Å². The Morgan fingerprint density at radius 1 is 1.30 bits per heavy atom. The summed E-state index contributed by atoms with van der Waals surface area (Å²) < 4.78 is 1.42. The van der Waals surface area contributed by atoms with E-state index in [2.05, 4.69) is 31.1 Å². The molecule has 1 heterocycles. The highest BCUT2D eigenvalue weighted by Gasteiger charge is 2.14. The van der Waals surface area contributed by atoms with E-state index in [1.807, 2.05) is 6.92 Å². The van der Waals surface area contributed by atoms with E-state index in [9.17, 15) is 9.59 Å². The first-order chi connectivity index (χ1) is 9.26. The van der Waals surface area contributed by atoms with Crippen LogP contribution in [0.1, 0.15) is 47.0 Å². The molecule has 0 radical (unpaired) electrons. The van der Waals surface area contributed by atoms with Crippen molar-refractivity contribution in [1.29, 1.82) is 0 Å². The number of H-pyrrole nitrogens is 1. The van der Waals surface area contributed by atoms with E-state index in [0.717, 1.165) is 19.3 Å². The maximum Gasteiger partial charge on any atom is 0.330 e. The van der Waals surface area contributed by atoms with E-state index in [1.54, 1.807) is 0 Å².